The number of benzene rings is 1. The lowest BCUT2D eigenvalue weighted by Crippen LogP contribution is -2.43. The molecule has 1 saturated carbocycles. The third kappa shape index (κ3) is 5.15. The lowest BCUT2D eigenvalue weighted by molar-refractivity contribution is -0.126. The number of hydrogen-bond donors (Lipinski definition) is 1. The van der Waals surface area contributed by atoms with Gasteiger partial charge in [0, 0.05) is 25.6 Å². The number of sulfonamides is 1. The predicted octanol–water partition coefficient (Wildman–Crippen LogP) is 3.79. The lowest BCUT2D eigenvalue weighted by Gasteiger charge is -2.31. The molecule has 156 valence electrons. The Morgan fingerprint density at radius 3 is 2.39 bits per heavy atom. The van der Waals surface area contributed by atoms with Gasteiger partial charge in [0.05, 0.1) is 4.90 Å². The summed E-state index contributed by atoms with van der Waals surface area (Å²) < 4.78 is 27.5. The molecule has 0 atom stereocenters. The van der Waals surface area contributed by atoms with Gasteiger partial charge in [0.15, 0.2) is 0 Å². The molecule has 6 heteroatoms. The fourth-order valence-corrected chi connectivity index (χ4v) is 6.28. The van der Waals surface area contributed by atoms with Gasteiger partial charge >= 0.3 is 0 Å². The molecule has 0 spiro atoms. The number of rotatable bonds is 6. The summed E-state index contributed by atoms with van der Waals surface area (Å²) in [7, 11) is -3.49. The van der Waals surface area contributed by atoms with Crippen molar-refractivity contribution in [1.29, 1.82) is 0 Å². The quantitative estimate of drug-likeness (QED) is 0.782. The van der Waals surface area contributed by atoms with Crippen molar-refractivity contribution < 1.29 is 13.2 Å². The molecule has 1 saturated heterocycles. The largest absolute Gasteiger partial charge is 0.356 e. The molecule has 0 radical (unpaired) electrons. The topological polar surface area (TPSA) is 66.5 Å². The van der Waals surface area contributed by atoms with E-state index in [1.807, 2.05) is 26.0 Å². The number of nitrogens with one attached hydrogen (secondary N) is 1. The maximum Gasteiger partial charge on any atom is 0.243 e. The molecule has 2 aliphatic rings. The van der Waals surface area contributed by atoms with Crippen LogP contribution in [-0.4, -0.2) is 38.3 Å². The first kappa shape index (κ1) is 21.3. The lowest BCUT2D eigenvalue weighted by atomic mass is 9.87. The van der Waals surface area contributed by atoms with E-state index in [9.17, 15) is 13.2 Å². The van der Waals surface area contributed by atoms with Crippen molar-refractivity contribution in [2.24, 2.45) is 11.8 Å². The second-order valence-electron chi connectivity index (χ2n) is 8.53. The fraction of sp³-hybridized carbons (Fsp3) is 0.682. The van der Waals surface area contributed by atoms with Crippen LogP contribution < -0.4 is 5.32 Å². The average Bonchev–Trinajstić information content (AvgIpc) is 2.68. The van der Waals surface area contributed by atoms with Crippen molar-refractivity contribution in [2.75, 3.05) is 19.6 Å². The summed E-state index contributed by atoms with van der Waals surface area (Å²) in [5, 5.41) is 3.09. The smallest absolute Gasteiger partial charge is 0.243 e. The molecule has 2 fully saturated rings. The highest BCUT2D eigenvalue weighted by atomic mass is 32.2. The summed E-state index contributed by atoms with van der Waals surface area (Å²) >= 11 is 0. The van der Waals surface area contributed by atoms with Crippen molar-refractivity contribution in [3.63, 3.8) is 0 Å². The Morgan fingerprint density at radius 2 is 1.75 bits per heavy atom. The third-order valence-electron chi connectivity index (χ3n) is 6.35. The molecule has 1 aromatic rings. The van der Waals surface area contributed by atoms with Gasteiger partial charge in [-0.2, -0.15) is 4.31 Å². The van der Waals surface area contributed by atoms with Gasteiger partial charge < -0.3 is 5.32 Å². The highest BCUT2D eigenvalue weighted by Crippen LogP contribution is 2.27. The summed E-state index contributed by atoms with van der Waals surface area (Å²) in [5.74, 6) is 0.787. The van der Waals surface area contributed by atoms with Crippen LogP contribution in [0.25, 0.3) is 0 Å². The summed E-state index contributed by atoms with van der Waals surface area (Å²) in [6.45, 7) is 5.38. The van der Waals surface area contributed by atoms with E-state index in [1.54, 1.807) is 6.07 Å². The van der Waals surface area contributed by atoms with Crippen molar-refractivity contribution in [3.05, 3.63) is 29.3 Å². The second kappa shape index (κ2) is 9.40. The molecule has 5 nitrogen and oxygen atoms in total. The van der Waals surface area contributed by atoms with Crippen LogP contribution in [0.5, 0.6) is 0 Å². The third-order valence-corrected chi connectivity index (χ3v) is 8.41. The first-order chi connectivity index (χ1) is 13.4. The minimum atomic E-state index is -3.49. The minimum absolute atomic E-state index is 0.0723. The van der Waals surface area contributed by atoms with Gasteiger partial charge in [0.1, 0.15) is 0 Å². The number of carbonyl (C=O) groups is 1. The van der Waals surface area contributed by atoms with Gasteiger partial charge in [0.25, 0.3) is 0 Å². The van der Waals surface area contributed by atoms with E-state index in [4.69, 9.17) is 0 Å². The van der Waals surface area contributed by atoms with E-state index in [0.717, 1.165) is 30.0 Å². The molecule has 1 N–H and O–H groups in total. The summed E-state index contributed by atoms with van der Waals surface area (Å²) in [6, 6.07) is 5.44. The zero-order valence-corrected chi connectivity index (χ0v) is 18.1. The van der Waals surface area contributed by atoms with Gasteiger partial charge in [-0.3, -0.25) is 4.79 Å². The average molecular weight is 407 g/mol. The predicted molar refractivity (Wildman–Crippen MR) is 112 cm³/mol. The molecular weight excluding hydrogens is 372 g/mol. The Morgan fingerprint density at radius 1 is 1.07 bits per heavy atom. The Bertz CT molecular complexity index is 777. The molecule has 1 aromatic carbocycles. The van der Waals surface area contributed by atoms with Crippen LogP contribution in [0.15, 0.2) is 23.1 Å². The SMILES string of the molecule is Cc1ccc(S(=O)(=O)N2CCC(C(=O)NCCC3CCCCC3)CC2)c(C)c1. The van der Waals surface area contributed by atoms with Crippen molar-refractivity contribution >= 4 is 15.9 Å². The highest BCUT2D eigenvalue weighted by Gasteiger charge is 2.32. The molecule has 1 heterocycles. The van der Waals surface area contributed by atoms with Crippen LogP contribution in [0, 0.1) is 25.7 Å². The number of aryl methyl sites for hydroxylation is 2. The maximum absolute atomic E-state index is 13.0. The molecule has 0 aromatic heterocycles. The molecule has 1 aliphatic carbocycles. The Balaban J connectivity index is 1.48. The highest BCUT2D eigenvalue weighted by molar-refractivity contribution is 7.89. The first-order valence-corrected chi connectivity index (χ1v) is 12.2. The monoisotopic (exact) mass is 406 g/mol. The van der Waals surface area contributed by atoms with Gasteiger partial charge in [0.2, 0.25) is 15.9 Å². The van der Waals surface area contributed by atoms with Crippen molar-refractivity contribution in [1.82, 2.24) is 9.62 Å². The number of piperidine rings is 1. The van der Waals surface area contributed by atoms with Gasteiger partial charge in [-0.15, -0.1) is 0 Å². The summed E-state index contributed by atoms with van der Waals surface area (Å²) in [6.07, 6.45) is 8.87. The maximum atomic E-state index is 13.0. The molecule has 0 unspecified atom stereocenters. The van der Waals surface area contributed by atoms with Crippen LogP contribution >= 0.6 is 0 Å². The van der Waals surface area contributed by atoms with Gasteiger partial charge in [-0.25, -0.2) is 8.42 Å². The number of nitrogens with zero attached hydrogens (tertiary/aromatic N) is 1. The number of amides is 1. The van der Waals surface area contributed by atoms with Crippen LogP contribution in [-0.2, 0) is 14.8 Å². The fourth-order valence-electron chi connectivity index (χ4n) is 4.61. The first-order valence-electron chi connectivity index (χ1n) is 10.7. The van der Waals surface area contributed by atoms with E-state index >= 15 is 0 Å². The number of hydrogen-bond acceptors (Lipinski definition) is 3. The Hall–Kier alpha value is -1.40. The van der Waals surface area contributed by atoms with Crippen LogP contribution in [0.2, 0.25) is 0 Å². The van der Waals surface area contributed by atoms with Crippen LogP contribution in [0.3, 0.4) is 0 Å². The van der Waals surface area contributed by atoms with E-state index in [2.05, 4.69) is 5.32 Å². The van der Waals surface area contributed by atoms with Crippen LogP contribution in [0.4, 0.5) is 0 Å². The van der Waals surface area contributed by atoms with Gasteiger partial charge in [-0.05, 0) is 50.7 Å². The second-order valence-corrected chi connectivity index (χ2v) is 10.4. The Kier molecular flexibility index (Phi) is 7.15. The molecule has 0 bridgehead atoms. The molecule has 3 rings (SSSR count). The zero-order valence-electron chi connectivity index (χ0n) is 17.2. The zero-order chi connectivity index (χ0) is 20.1. The number of carbonyl (C=O) groups excluding carboxylic acids is 1. The van der Waals surface area contributed by atoms with Crippen LogP contribution in [0.1, 0.15) is 62.5 Å². The van der Waals surface area contributed by atoms with Gasteiger partial charge in [-0.1, -0.05) is 49.8 Å². The Labute approximate surface area is 169 Å². The van der Waals surface area contributed by atoms with Crippen molar-refractivity contribution in [2.45, 2.75) is 70.1 Å². The van der Waals surface area contributed by atoms with E-state index in [-0.39, 0.29) is 11.8 Å². The normalized spacial score (nSPS) is 20.2. The molecule has 28 heavy (non-hydrogen) atoms. The van der Waals surface area contributed by atoms with E-state index in [0.29, 0.717) is 30.8 Å². The van der Waals surface area contributed by atoms with E-state index < -0.39 is 10.0 Å². The summed E-state index contributed by atoms with van der Waals surface area (Å²) in [4.78, 5) is 12.9. The molecule has 1 amide bonds. The summed E-state index contributed by atoms with van der Waals surface area (Å²) in [5.41, 5.74) is 1.84. The molecular formula is C22H34N2O3S. The van der Waals surface area contributed by atoms with Crippen molar-refractivity contribution in [3.8, 4) is 0 Å². The van der Waals surface area contributed by atoms with E-state index in [1.165, 1.54) is 36.4 Å². The minimum Gasteiger partial charge on any atom is -0.356 e. The standard InChI is InChI=1S/C22H34N2O3S/c1-17-8-9-21(18(2)16-17)28(26,27)24-14-11-20(12-15-24)22(25)23-13-10-19-6-4-3-5-7-19/h8-9,16,19-20H,3-7,10-15H2,1-2H3,(H,23,25). The molecule has 1 aliphatic heterocycles.